The molecule has 0 aliphatic rings. The number of nitrogens with zero attached hydrogens (tertiary/aromatic N) is 3. The van der Waals surface area contributed by atoms with Gasteiger partial charge in [-0.2, -0.15) is 4.91 Å². The topological polar surface area (TPSA) is 49.6 Å². The van der Waals surface area contributed by atoms with Crippen molar-refractivity contribution >= 4 is 38.9 Å². The lowest BCUT2D eigenvalue weighted by Crippen LogP contribution is -2.19. The molecule has 0 aliphatic heterocycles. The highest BCUT2D eigenvalue weighted by Crippen LogP contribution is 2.23. The van der Waals surface area contributed by atoms with Crippen molar-refractivity contribution in [3.8, 4) is 0 Å². The molecule has 5 nitrogen and oxygen atoms in total. The Hall–Kier alpha value is -1.70. The molecule has 7 heteroatoms. The molecule has 0 radical (unpaired) electrons. The van der Waals surface area contributed by atoms with Crippen LogP contribution >= 0.6 is 21.6 Å². The fourth-order valence-corrected chi connectivity index (χ4v) is 4.74. The van der Waals surface area contributed by atoms with Crippen LogP contribution in [0.4, 0.5) is 5.69 Å². The van der Waals surface area contributed by atoms with E-state index >= 15 is 0 Å². The van der Waals surface area contributed by atoms with Crippen molar-refractivity contribution in [2.75, 3.05) is 50.1 Å². The van der Waals surface area contributed by atoms with E-state index in [1.165, 1.54) is 22.4 Å². The number of allylic oxidation sites excluding steroid dienone is 1. The van der Waals surface area contributed by atoms with Crippen LogP contribution in [0.25, 0.3) is 11.6 Å². The van der Waals surface area contributed by atoms with Gasteiger partial charge >= 0.3 is 0 Å². The molecular formula is C21H30N4OS2. The van der Waals surface area contributed by atoms with Crippen molar-refractivity contribution < 1.29 is 0 Å². The van der Waals surface area contributed by atoms with Crippen molar-refractivity contribution in [3.63, 3.8) is 0 Å². The fourth-order valence-electron chi connectivity index (χ4n) is 2.69. The Labute approximate surface area is 176 Å². The van der Waals surface area contributed by atoms with Crippen molar-refractivity contribution in [1.82, 2.24) is 9.88 Å². The highest BCUT2D eigenvalue weighted by Gasteiger charge is 2.03. The Bertz CT molecular complexity index is 743. The smallest absolute Gasteiger partial charge is 0.0989 e. The van der Waals surface area contributed by atoms with E-state index in [9.17, 15) is 4.91 Å². The highest BCUT2D eigenvalue weighted by molar-refractivity contribution is 8.76. The van der Waals surface area contributed by atoms with Gasteiger partial charge in [0, 0.05) is 56.3 Å². The quantitative estimate of drug-likeness (QED) is 0.286. The van der Waals surface area contributed by atoms with E-state index in [0.29, 0.717) is 13.1 Å². The number of hydrogen-bond donors (Lipinski definition) is 1. The standard InChI is InChI=1S/C21H30N4OS2/c1-18(20-8-11-25(17-20)12-9-23-26)16-19-4-6-21(7-5-19)24(3)13-15-28-27-14-10-22-2/h4-8,11,16-17,22H,9-10,12-15H2,1-3H3/b18-16+. The number of hydrogen-bond acceptors (Lipinski definition) is 6. The van der Waals surface area contributed by atoms with Gasteiger partial charge in [-0.3, -0.25) is 0 Å². The summed E-state index contributed by atoms with van der Waals surface area (Å²) in [4.78, 5) is 12.6. The van der Waals surface area contributed by atoms with Gasteiger partial charge in [0.1, 0.15) is 0 Å². The van der Waals surface area contributed by atoms with Gasteiger partial charge in [-0.15, -0.1) is 0 Å². The molecule has 1 aromatic heterocycles. The predicted octanol–water partition coefficient (Wildman–Crippen LogP) is 4.85. The summed E-state index contributed by atoms with van der Waals surface area (Å²) >= 11 is 0. The first-order valence-electron chi connectivity index (χ1n) is 9.48. The Morgan fingerprint density at radius 3 is 2.68 bits per heavy atom. The van der Waals surface area contributed by atoms with Gasteiger partial charge in [0.25, 0.3) is 0 Å². The van der Waals surface area contributed by atoms with Crippen LogP contribution in [0.2, 0.25) is 0 Å². The minimum absolute atomic E-state index is 0.305. The molecule has 0 unspecified atom stereocenters. The molecule has 0 amide bonds. The summed E-state index contributed by atoms with van der Waals surface area (Å²) in [6.07, 6.45) is 6.24. The first kappa shape index (κ1) is 22.6. The monoisotopic (exact) mass is 418 g/mol. The highest BCUT2D eigenvalue weighted by atomic mass is 33.1. The molecule has 0 bridgehead atoms. The number of aromatic nitrogens is 1. The van der Waals surface area contributed by atoms with Crippen molar-refractivity contribution in [2.45, 2.75) is 13.5 Å². The third kappa shape index (κ3) is 7.73. The number of benzene rings is 1. The van der Waals surface area contributed by atoms with E-state index in [0.717, 1.165) is 24.6 Å². The Morgan fingerprint density at radius 1 is 1.21 bits per heavy atom. The number of nitroso groups, excluding NO2 is 1. The lowest BCUT2D eigenvalue weighted by atomic mass is 10.1. The molecule has 1 N–H and O–H groups in total. The van der Waals surface area contributed by atoms with Gasteiger partial charge in [0.2, 0.25) is 0 Å². The van der Waals surface area contributed by atoms with Crippen molar-refractivity contribution in [3.05, 3.63) is 58.8 Å². The van der Waals surface area contributed by atoms with Gasteiger partial charge in [0.05, 0.1) is 6.54 Å². The zero-order chi connectivity index (χ0) is 20.2. The van der Waals surface area contributed by atoms with Crippen LogP contribution in [0.1, 0.15) is 18.1 Å². The van der Waals surface area contributed by atoms with E-state index in [2.05, 4.69) is 72.0 Å². The zero-order valence-corrected chi connectivity index (χ0v) is 18.6. The molecule has 0 saturated carbocycles. The van der Waals surface area contributed by atoms with E-state index in [-0.39, 0.29) is 0 Å². The third-order valence-corrected chi connectivity index (χ3v) is 6.79. The van der Waals surface area contributed by atoms with Gasteiger partial charge in [0.15, 0.2) is 0 Å². The molecular weight excluding hydrogens is 388 g/mol. The van der Waals surface area contributed by atoms with Gasteiger partial charge in [-0.25, -0.2) is 0 Å². The van der Waals surface area contributed by atoms with Crippen LogP contribution in [-0.2, 0) is 6.54 Å². The second kappa shape index (κ2) is 12.7. The Balaban J connectivity index is 1.86. The van der Waals surface area contributed by atoms with Crippen LogP contribution in [0.3, 0.4) is 0 Å². The molecule has 1 heterocycles. The van der Waals surface area contributed by atoms with Gasteiger partial charge < -0.3 is 14.8 Å². The summed E-state index contributed by atoms with van der Waals surface area (Å²) in [6, 6.07) is 10.8. The SMILES string of the molecule is CNCCSSCCN(C)c1ccc(/C=C(\C)c2ccn(CCN=O)c2)cc1. The molecule has 0 atom stereocenters. The average Bonchev–Trinajstić information content (AvgIpc) is 3.18. The van der Waals surface area contributed by atoms with Crippen LogP contribution in [-0.4, -0.2) is 49.8 Å². The molecule has 28 heavy (non-hydrogen) atoms. The first-order chi connectivity index (χ1) is 13.6. The second-order valence-electron chi connectivity index (χ2n) is 6.58. The largest absolute Gasteiger partial charge is 0.374 e. The minimum Gasteiger partial charge on any atom is -0.374 e. The molecule has 1 aromatic carbocycles. The molecule has 0 aliphatic carbocycles. The van der Waals surface area contributed by atoms with E-state index < -0.39 is 0 Å². The minimum atomic E-state index is 0.305. The van der Waals surface area contributed by atoms with Crippen LogP contribution in [0.15, 0.2) is 47.9 Å². The molecule has 0 fully saturated rings. The second-order valence-corrected chi connectivity index (χ2v) is 9.28. The Morgan fingerprint density at radius 2 is 1.96 bits per heavy atom. The summed E-state index contributed by atoms with van der Waals surface area (Å²) in [7, 11) is 7.99. The van der Waals surface area contributed by atoms with Crippen molar-refractivity contribution in [1.29, 1.82) is 0 Å². The maximum absolute atomic E-state index is 10.3. The number of anilines is 1. The summed E-state index contributed by atoms with van der Waals surface area (Å²) in [6.45, 7) is 5.14. The third-order valence-electron chi connectivity index (χ3n) is 4.40. The molecule has 0 spiro atoms. The lowest BCUT2D eigenvalue weighted by Gasteiger charge is -2.19. The summed E-state index contributed by atoms with van der Waals surface area (Å²) in [5.74, 6) is 2.25. The van der Waals surface area contributed by atoms with E-state index in [4.69, 9.17) is 0 Å². The van der Waals surface area contributed by atoms with Crippen molar-refractivity contribution in [2.24, 2.45) is 5.18 Å². The maximum Gasteiger partial charge on any atom is 0.0989 e. The van der Waals surface area contributed by atoms with Gasteiger partial charge in [-0.1, -0.05) is 45.0 Å². The van der Waals surface area contributed by atoms with Gasteiger partial charge in [-0.05, 0) is 48.9 Å². The summed E-state index contributed by atoms with van der Waals surface area (Å²) in [5, 5.41) is 6.08. The van der Waals surface area contributed by atoms with Crippen LogP contribution in [0, 0.1) is 4.91 Å². The number of nitrogens with one attached hydrogen (secondary N) is 1. The predicted molar refractivity (Wildman–Crippen MR) is 127 cm³/mol. The molecule has 0 saturated heterocycles. The summed E-state index contributed by atoms with van der Waals surface area (Å²) in [5.41, 5.74) is 4.80. The fraction of sp³-hybridized carbons (Fsp3) is 0.429. The van der Waals surface area contributed by atoms with E-state index in [1.54, 1.807) is 0 Å². The average molecular weight is 419 g/mol. The number of rotatable bonds is 13. The molecule has 2 aromatic rings. The Kier molecular flexibility index (Phi) is 10.2. The molecule has 152 valence electrons. The normalized spacial score (nSPS) is 11.6. The maximum atomic E-state index is 10.3. The lowest BCUT2D eigenvalue weighted by molar-refractivity contribution is 0.711. The zero-order valence-electron chi connectivity index (χ0n) is 16.9. The summed E-state index contributed by atoms with van der Waals surface area (Å²) < 4.78 is 2.00. The van der Waals surface area contributed by atoms with Crippen LogP contribution < -0.4 is 10.2 Å². The van der Waals surface area contributed by atoms with E-state index in [1.807, 2.05) is 39.4 Å². The van der Waals surface area contributed by atoms with Crippen LogP contribution in [0.5, 0.6) is 0 Å². The first-order valence-corrected chi connectivity index (χ1v) is 12.0. The molecule has 2 rings (SSSR count).